The molecule has 3 amide bonds. The highest BCUT2D eigenvalue weighted by atomic mass is 32.2. The maximum atomic E-state index is 13.6. The molecule has 1 saturated heterocycles. The van der Waals surface area contributed by atoms with Gasteiger partial charge in [-0.05, 0) is 61.4 Å². The summed E-state index contributed by atoms with van der Waals surface area (Å²) in [7, 11) is 1.57. The second kappa shape index (κ2) is 10.8. The molecule has 2 saturated carbocycles. The predicted molar refractivity (Wildman–Crippen MR) is 161 cm³/mol. The number of hydrogen-bond acceptors (Lipinski definition) is 9. The van der Waals surface area contributed by atoms with Crippen LogP contribution in [0.4, 0.5) is 5.69 Å². The van der Waals surface area contributed by atoms with Crippen molar-refractivity contribution in [2.75, 3.05) is 19.0 Å². The van der Waals surface area contributed by atoms with Gasteiger partial charge >= 0.3 is 10.8 Å². The number of carbonyl (C=O) groups is 4. The van der Waals surface area contributed by atoms with Crippen molar-refractivity contribution in [3.05, 3.63) is 68.6 Å². The molecule has 3 N–H and O–H groups in total. The quantitative estimate of drug-likeness (QED) is 0.316. The van der Waals surface area contributed by atoms with E-state index in [-0.39, 0.29) is 46.3 Å². The first-order valence-electron chi connectivity index (χ1n) is 14.3. The van der Waals surface area contributed by atoms with E-state index in [4.69, 9.17) is 9.47 Å². The van der Waals surface area contributed by atoms with E-state index in [1.807, 2.05) is 18.2 Å². The van der Waals surface area contributed by atoms with Crippen LogP contribution in [0.1, 0.15) is 29.7 Å². The molecule has 13 heteroatoms. The fraction of sp³-hybridized carbons (Fsp3) is 0.387. The Kier molecular flexibility index (Phi) is 7.04. The lowest BCUT2D eigenvalue weighted by Gasteiger charge is -2.43. The molecule has 11 nitrogen and oxygen atoms in total. The average Bonchev–Trinajstić information content (AvgIpc) is 3.75. The number of carboxylic acids is 1. The molecule has 44 heavy (non-hydrogen) atoms. The lowest BCUT2D eigenvalue weighted by atomic mass is 9.68. The number of carboxylic acid groups (broad SMARTS) is 1. The molecule has 8 unspecified atom stereocenters. The van der Waals surface area contributed by atoms with Crippen LogP contribution in [-0.2, 0) is 19.2 Å². The normalized spacial score (nSPS) is 28.7. The summed E-state index contributed by atoms with van der Waals surface area (Å²) in [6, 6.07) is 13.1. The molecule has 4 aliphatic rings. The summed E-state index contributed by atoms with van der Waals surface area (Å²) in [6.07, 6.45) is 0.674. The first-order chi connectivity index (χ1) is 21.2. The van der Waals surface area contributed by atoms with Gasteiger partial charge in [-0.3, -0.25) is 24.1 Å². The van der Waals surface area contributed by atoms with E-state index < -0.39 is 35.7 Å². The molecule has 228 valence electrons. The number of aromatic nitrogens is 1. The van der Waals surface area contributed by atoms with E-state index in [0.717, 1.165) is 31.7 Å². The Morgan fingerprint density at radius 2 is 1.77 bits per heavy atom. The number of imide groups is 1. The second-order valence-corrected chi connectivity index (χ2v) is 13.8. The fourth-order valence-corrected chi connectivity index (χ4v) is 10.6. The molecule has 3 fully saturated rings. The maximum absolute atomic E-state index is 13.6. The van der Waals surface area contributed by atoms with E-state index in [1.54, 1.807) is 49.2 Å². The Morgan fingerprint density at radius 1 is 1.07 bits per heavy atom. The van der Waals surface area contributed by atoms with Gasteiger partial charge in [0.05, 0.1) is 24.0 Å². The van der Waals surface area contributed by atoms with E-state index in [2.05, 4.69) is 10.3 Å². The van der Waals surface area contributed by atoms with Crippen LogP contribution >= 0.6 is 23.1 Å². The third-order valence-corrected chi connectivity index (χ3v) is 12.1. The van der Waals surface area contributed by atoms with Gasteiger partial charge in [0.1, 0.15) is 17.5 Å². The Bertz CT molecular complexity index is 1740. The maximum Gasteiger partial charge on any atom is 0.326 e. The number of nitrogens with one attached hydrogen (secondary N) is 2. The number of amides is 3. The molecule has 3 heterocycles. The first-order valence-corrected chi connectivity index (χ1v) is 16.0. The smallest absolute Gasteiger partial charge is 0.326 e. The van der Waals surface area contributed by atoms with Gasteiger partial charge in [0.15, 0.2) is 6.61 Å². The number of aromatic amines is 1. The average molecular weight is 636 g/mol. The minimum atomic E-state index is -1.23. The number of methoxy groups -OCH3 is 1. The van der Waals surface area contributed by atoms with Crippen LogP contribution in [0.25, 0.3) is 0 Å². The highest BCUT2D eigenvalue weighted by Crippen LogP contribution is 2.69. The summed E-state index contributed by atoms with van der Waals surface area (Å²) in [5.41, 5.74) is 1.40. The topological polar surface area (TPSA) is 155 Å². The summed E-state index contributed by atoms with van der Waals surface area (Å²) in [6.45, 7) is 1.12. The van der Waals surface area contributed by atoms with E-state index in [9.17, 15) is 29.1 Å². The number of anilines is 1. The second-order valence-electron chi connectivity index (χ2n) is 11.6. The highest BCUT2D eigenvalue weighted by molar-refractivity contribution is 8.00. The molecular weight excluding hydrogens is 606 g/mol. The van der Waals surface area contributed by atoms with Crippen LogP contribution in [0.2, 0.25) is 0 Å². The van der Waals surface area contributed by atoms with E-state index >= 15 is 0 Å². The molecule has 2 bridgehead atoms. The number of thiazole rings is 1. The molecule has 7 rings (SSSR count). The third kappa shape index (κ3) is 4.43. The van der Waals surface area contributed by atoms with E-state index in [1.165, 1.54) is 6.92 Å². The van der Waals surface area contributed by atoms with Crippen LogP contribution in [0.15, 0.2) is 58.4 Å². The number of fused-ring (bicyclic) bond motifs is 9. The van der Waals surface area contributed by atoms with Gasteiger partial charge in [-0.25, -0.2) is 4.79 Å². The summed E-state index contributed by atoms with van der Waals surface area (Å²) < 4.78 is 11.3. The van der Waals surface area contributed by atoms with Crippen molar-refractivity contribution in [1.29, 1.82) is 0 Å². The molecule has 1 aromatic heterocycles. The van der Waals surface area contributed by atoms with E-state index in [0.29, 0.717) is 23.6 Å². The Morgan fingerprint density at radius 3 is 2.48 bits per heavy atom. The van der Waals surface area contributed by atoms with Crippen molar-refractivity contribution >= 4 is 52.5 Å². The standard InChI is InChI=1S/C31H29N3O8S2/c1-13(30(38)39)34-28(36)23-17-11-18(24(23)29(34)37)25-22(17)21(26-27(43-25)33-31(40)44-26)16-5-3-4-6-19(16)42-12-20(35)32-14-7-9-15(41-2)10-8-14/h3-10,13,17-18,21-25H,11-12H2,1-2H3,(H,32,35)(H,33,40)(H,38,39). The molecule has 0 spiro atoms. The van der Waals surface area contributed by atoms with Crippen LogP contribution in [0.5, 0.6) is 11.5 Å². The largest absolute Gasteiger partial charge is 0.497 e. The van der Waals surface area contributed by atoms with Crippen LogP contribution in [-0.4, -0.2) is 63.7 Å². The first kappa shape index (κ1) is 28.7. The highest BCUT2D eigenvalue weighted by Gasteiger charge is 2.70. The Labute approximate surface area is 259 Å². The van der Waals surface area contributed by atoms with Crippen molar-refractivity contribution in [3.8, 4) is 11.5 Å². The molecule has 2 aromatic carbocycles. The molecule has 3 aromatic rings. The number of para-hydroxylation sites is 1. The van der Waals surface area contributed by atoms with Crippen LogP contribution in [0.3, 0.4) is 0 Å². The Balaban J connectivity index is 1.20. The lowest BCUT2D eigenvalue weighted by Crippen LogP contribution is -2.44. The van der Waals surface area contributed by atoms with Gasteiger partial charge in [-0.1, -0.05) is 29.5 Å². The lowest BCUT2D eigenvalue weighted by molar-refractivity contribution is -0.154. The monoisotopic (exact) mass is 635 g/mol. The number of rotatable bonds is 8. The molecular formula is C31H29N3O8S2. The minimum absolute atomic E-state index is 0.0627. The van der Waals surface area contributed by atoms with Gasteiger partial charge in [0, 0.05) is 27.3 Å². The van der Waals surface area contributed by atoms with Gasteiger partial charge in [0.25, 0.3) is 5.91 Å². The number of ether oxygens (including phenoxy) is 2. The number of hydrogen-bond donors (Lipinski definition) is 3. The third-order valence-electron chi connectivity index (χ3n) is 9.49. The summed E-state index contributed by atoms with van der Waals surface area (Å²) >= 11 is 2.67. The summed E-state index contributed by atoms with van der Waals surface area (Å²) in [5, 5.41) is 13.1. The zero-order valence-corrected chi connectivity index (χ0v) is 25.4. The number of thioether (sulfide) groups is 1. The van der Waals surface area contributed by atoms with Gasteiger partial charge in [-0.2, -0.15) is 0 Å². The van der Waals surface area contributed by atoms with Crippen molar-refractivity contribution < 1.29 is 33.8 Å². The van der Waals surface area contributed by atoms with Crippen molar-refractivity contribution in [1.82, 2.24) is 9.88 Å². The van der Waals surface area contributed by atoms with Crippen LogP contribution < -0.4 is 19.7 Å². The number of H-pyrrole nitrogens is 1. The summed E-state index contributed by atoms with van der Waals surface area (Å²) in [4.78, 5) is 68.9. The number of benzene rings is 2. The number of aliphatic carboxylic acids is 1. The zero-order chi connectivity index (χ0) is 30.9. The van der Waals surface area contributed by atoms with Crippen LogP contribution in [0, 0.1) is 29.6 Å². The molecule has 8 atom stereocenters. The molecule has 2 aliphatic heterocycles. The molecule has 0 radical (unpaired) electrons. The minimum Gasteiger partial charge on any atom is -0.497 e. The Hall–Kier alpha value is -4.10. The van der Waals surface area contributed by atoms with Crippen molar-refractivity contribution in [2.24, 2.45) is 29.6 Å². The summed E-state index contributed by atoms with van der Waals surface area (Å²) in [5.74, 6) is -3.11. The predicted octanol–water partition coefficient (Wildman–Crippen LogP) is 3.41. The zero-order valence-electron chi connectivity index (χ0n) is 23.7. The number of likely N-dealkylation sites (tertiary alicyclic amines) is 1. The van der Waals surface area contributed by atoms with Gasteiger partial charge in [0.2, 0.25) is 11.8 Å². The fourth-order valence-electron chi connectivity index (χ4n) is 7.76. The number of carbonyl (C=O) groups excluding carboxylic acids is 3. The van der Waals surface area contributed by atoms with Gasteiger partial charge in [-0.15, -0.1) is 11.8 Å². The van der Waals surface area contributed by atoms with Crippen molar-refractivity contribution in [2.45, 2.75) is 35.6 Å². The SMILES string of the molecule is COc1ccc(NC(=O)COc2ccccc2C2c3sc(=O)[nH]c3SC3C4CC(C5C(=O)N(C(C)C(=O)O)C(=O)C45)C23)cc1. The van der Waals surface area contributed by atoms with Gasteiger partial charge < -0.3 is 24.9 Å². The molecule has 2 aliphatic carbocycles. The number of nitrogens with zero attached hydrogens (tertiary/aromatic N) is 1. The van der Waals surface area contributed by atoms with Crippen molar-refractivity contribution in [3.63, 3.8) is 0 Å².